The predicted molar refractivity (Wildman–Crippen MR) is 97.2 cm³/mol. The van der Waals surface area contributed by atoms with Gasteiger partial charge in [0.2, 0.25) is 0 Å². The topological polar surface area (TPSA) is 37.1 Å². The summed E-state index contributed by atoms with van der Waals surface area (Å²) in [5.41, 5.74) is 4.98. The zero-order valence-corrected chi connectivity index (χ0v) is 14.8. The first-order chi connectivity index (χ1) is 11.6. The summed E-state index contributed by atoms with van der Waals surface area (Å²) in [5, 5.41) is 10.3. The first-order valence-electron chi connectivity index (χ1n) is 8.59. The number of para-hydroxylation sites is 1. The van der Waals surface area contributed by atoms with E-state index in [2.05, 4.69) is 36.9 Å². The van der Waals surface area contributed by atoms with E-state index in [4.69, 9.17) is 4.74 Å². The molecule has 4 heteroatoms. The summed E-state index contributed by atoms with van der Waals surface area (Å²) in [6, 6.07) is 12.4. The number of benzene rings is 2. The fraction of sp³-hybridized carbons (Fsp3) is 0.400. The van der Waals surface area contributed by atoms with Crippen LogP contribution in [0.2, 0.25) is 0 Å². The monoisotopic (exact) mass is 327 g/mol. The molecule has 0 radical (unpaired) electrons. The Morgan fingerprint density at radius 3 is 2.58 bits per heavy atom. The van der Waals surface area contributed by atoms with Gasteiger partial charge in [-0.15, -0.1) is 0 Å². The van der Waals surface area contributed by atoms with E-state index in [1.54, 1.807) is 13.2 Å². The smallest absolute Gasteiger partial charge is 0.166 e. The van der Waals surface area contributed by atoms with Crippen LogP contribution in [0.4, 0.5) is 5.69 Å². The van der Waals surface area contributed by atoms with Gasteiger partial charge < -0.3 is 19.6 Å². The number of nitrogens with zero attached hydrogens (tertiary/aromatic N) is 1. The summed E-state index contributed by atoms with van der Waals surface area (Å²) in [6.45, 7) is 9.41. The lowest BCUT2D eigenvalue weighted by Crippen LogP contribution is -3.13. The Morgan fingerprint density at radius 2 is 1.88 bits per heavy atom. The number of aryl methyl sites for hydroxylation is 2. The molecule has 3 rings (SSSR count). The molecule has 0 bridgehead atoms. The number of phenolic OH excluding ortho intramolecular Hbond substituents is 1. The molecule has 0 unspecified atom stereocenters. The highest BCUT2D eigenvalue weighted by molar-refractivity contribution is 5.55. The van der Waals surface area contributed by atoms with E-state index < -0.39 is 0 Å². The molecular weight excluding hydrogens is 300 g/mol. The van der Waals surface area contributed by atoms with Crippen molar-refractivity contribution in [2.24, 2.45) is 0 Å². The third-order valence-electron chi connectivity index (χ3n) is 4.92. The minimum Gasteiger partial charge on any atom is -0.504 e. The zero-order chi connectivity index (χ0) is 17.1. The summed E-state index contributed by atoms with van der Waals surface area (Å²) < 4.78 is 5.21. The second-order valence-corrected chi connectivity index (χ2v) is 6.67. The van der Waals surface area contributed by atoms with Crippen LogP contribution in [0.3, 0.4) is 0 Å². The molecule has 0 aliphatic carbocycles. The van der Waals surface area contributed by atoms with Crippen molar-refractivity contribution in [1.82, 2.24) is 0 Å². The third-order valence-corrected chi connectivity index (χ3v) is 4.92. The van der Waals surface area contributed by atoms with Crippen molar-refractivity contribution >= 4 is 5.69 Å². The quantitative estimate of drug-likeness (QED) is 0.901. The van der Waals surface area contributed by atoms with E-state index in [-0.39, 0.29) is 5.75 Å². The molecule has 4 nitrogen and oxygen atoms in total. The Hall–Kier alpha value is -2.20. The maximum Gasteiger partial charge on any atom is 0.166 e. The molecule has 2 N–H and O–H groups in total. The van der Waals surface area contributed by atoms with E-state index in [9.17, 15) is 5.11 Å². The van der Waals surface area contributed by atoms with Crippen molar-refractivity contribution in [2.45, 2.75) is 20.4 Å². The average Bonchev–Trinajstić information content (AvgIpc) is 2.60. The number of quaternary nitrogens is 1. The number of rotatable bonds is 4. The number of hydrogen-bond donors (Lipinski definition) is 2. The van der Waals surface area contributed by atoms with Crippen LogP contribution in [0.1, 0.15) is 16.7 Å². The number of methoxy groups -OCH3 is 1. The predicted octanol–water partition coefficient (Wildman–Crippen LogP) is 1.92. The molecule has 0 amide bonds. The van der Waals surface area contributed by atoms with Crippen LogP contribution in [0.5, 0.6) is 11.5 Å². The summed E-state index contributed by atoms with van der Waals surface area (Å²) >= 11 is 0. The molecule has 0 aromatic heterocycles. The van der Waals surface area contributed by atoms with Crippen molar-refractivity contribution in [3.63, 3.8) is 0 Å². The molecule has 24 heavy (non-hydrogen) atoms. The van der Waals surface area contributed by atoms with Gasteiger partial charge >= 0.3 is 0 Å². The zero-order valence-electron chi connectivity index (χ0n) is 14.8. The van der Waals surface area contributed by atoms with Crippen molar-refractivity contribution < 1.29 is 14.7 Å². The molecule has 0 atom stereocenters. The number of anilines is 1. The number of hydrogen-bond acceptors (Lipinski definition) is 3. The lowest BCUT2D eigenvalue weighted by atomic mass is 10.1. The molecule has 1 saturated heterocycles. The van der Waals surface area contributed by atoms with Gasteiger partial charge in [-0.3, -0.25) is 0 Å². The molecular formula is C20H27N2O2+. The highest BCUT2D eigenvalue weighted by Crippen LogP contribution is 2.28. The van der Waals surface area contributed by atoms with Gasteiger partial charge in [0.15, 0.2) is 11.5 Å². The maximum atomic E-state index is 10.3. The van der Waals surface area contributed by atoms with Gasteiger partial charge in [0.1, 0.15) is 6.54 Å². The van der Waals surface area contributed by atoms with Crippen molar-refractivity contribution in [3.05, 3.63) is 53.1 Å². The number of piperazine rings is 1. The van der Waals surface area contributed by atoms with E-state index >= 15 is 0 Å². The fourth-order valence-electron chi connectivity index (χ4n) is 3.45. The van der Waals surface area contributed by atoms with E-state index in [1.165, 1.54) is 21.7 Å². The SMILES string of the molecule is COc1cccc(C[NH+]2CCN(c3cc(C)ccc3C)CC2)c1O. The Balaban J connectivity index is 1.64. The van der Waals surface area contributed by atoms with Gasteiger partial charge in [0.25, 0.3) is 0 Å². The molecule has 1 aliphatic rings. The van der Waals surface area contributed by atoms with E-state index in [0.29, 0.717) is 5.75 Å². The second kappa shape index (κ2) is 7.14. The molecule has 1 aliphatic heterocycles. The van der Waals surface area contributed by atoms with Crippen molar-refractivity contribution in [3.8, 4) is 11.5 Å². The van der Waals surface area contributed by atoms with Crippen LogP contribution in [0.25, 0.3) is 0 Å². The van der Waals surface area contributed by atoms with Gasteiger partial charge in [0, 0.05) is 5.69 Å². The lowest BCUT2D eigenvalue weighted by molar-refractivity contribution is -0.914. The molecule has 2 aromatic rings. The molecule has 128 valence electrons. The number of ether oxygens (including phenoxy) is 1. The van der Waals surface area contributed by atoms with E-state index in [0.717, 1.165) is 38.3 Å². The largest absolute Gasteiger partial charge is 0.504 e. The third kappa shape index (κ3) is 3.49. The molecule has 2 aromatic carbocycles. The Labute approximate surface area is 144 Å². The highest BCUT2D eigenvalue weighted by atomic mass is 16.5. The second-order valence-electron chi connectivity index (χ2n) is 6.67. The van der Waals surface area contributed by atoms with Gasteiger partial charge in [-0.2, -0.15) is 0 Å². The standard InChI is InChI=1S/C20H26N2O2/c1-15-7-8-16(2)18(13-15)22-11-9-21(10-12-22)14-17-5-4-6-19(24-3)20(17)23/h4-8,13,23H,9-12,14H2,1-3H3/p+1. The first-order valence-corrected chi connectivity index (χ1v) is 8.59. The van der Waals surface area contributed by atoms with Gasteiger partial charge in [0.05, 0.1) is 38.9 Å². The van der Waals surface area contributed by atoms with Crippen molar-refractivity contribution in [2.75, 3.05) is 38.2 Å². The maximum absolute atomic E-state index is 10.3. The summed E-state index contributed by atoms with van der Waals surface area (Å²) in [4.78, 5) is 3.98. The highest BCUT2D eigenvalue weighted by Gasteiger charge is 2.22. The van der Waals surface area contributed by atoms with Gasteiger partial charge in [-0.05, 0) is 43.2 Å². The van der Waals surface area contributed by atoms with Crippen LogP contribution in [0.15, 0.2) is 36.4 Å². The molecule has 0 saturated carbocycles. The van der Waals surface area contributed by atoms with E-state index in [1.807, 2.05) is 12.1 Å². The Kier molecular flexibility index (Phi) is 4.95. The minimum absolute atomic E-state index is 0.282. The molecule has 1 heterocycles. The van der Waals surface area contributed by atoms with Gasteiger partial charge in [-0.25, -0.2) is 0 Å². The first kappa shape index (κ1) is 16.7. The van der Waals surface area contributed by atoms with Crippen LogP contribution in [0, 0.1) is 13.8 Å². The Morgan fingerprint density at radius 1 is 1.12 bits per heavy atom. The van der Waals surface area contributed by atoms with Crippen LogP contribution in [-0.2, 0) is 6.54 Å². The number of phenols is 1. The normalized spacial score (nSPS) is 15.5. The minimum atomic E-state index is 0.282. The molecule has 0 spiro atoms. The summed E-state index contributed by atoms with van der Waals surface area (Å²) in [7, 11) is 1.59. The fourth-order valence-corrected chi connectivity index (χ4v) is 3.45. The van der Waals surface area contributed by atoms with Crippen LogP contribution < -0.4 is 14.5 Å². The molecule has 1 fully saturated rings. The van der Waals surface area contributed by atoms with Gasteiger partial charge in [-0.1, -0.05) is 18.2 Å². The summed E-state index contributed by atoms with van der Waals surface area (Å²) in [6.07, 6.45) is 0. The number of nitrogens with one attached hydrogen (secondary N) is 1. The number of aromatic hydroxyl groups is 1. The summed E-state index contributed by atoms with van der Waals surface area (Å²) in [5.74, 6) is 0.838. The lowest BCUT2D eigenvalue weighted by Gasteiger charge is -2.34. The van der Waals surface area contributed by atoms with Crippen LogP contribution >= 0.6 is 0 Å². The average molecular weight is 327 g/mol. The van der Waals surface area contributed by atoms with Crippen LogP contribution in [-0.4, -0.2) is 38.4 Å². The van der Waals surface area contributed by atoms with Crippen molar-refractivity contribution in [1.29, 1.82) is 0 Å². The Bertz CT molecular complexity index is 707.